The van der Waals surface area contributed by atoms with Crippen molar-refractivity contribution in [2.45, 2.75) is 44.0 Å². The van der Waals surface area contributed by atoms with Crippen molar-refractivity contribution in [1.29, 1.82) is 0 Å². The van der Waals surface area contributed by atoms with Gasteiger partial charge in [0.2, 0.25) is 15.9 Å². The van der Waals surface area contributed by atoms with Gasteiger partial charge < -0.3 is 15.8 Å². The Morgan fingerprint density at radius 2 is 1.82 bits per heavy atom. The lowest BCUT2D eigenvalue weighted by molar-refractivity contribution is -0.121. The smallest absolute Gasteiger partial charge is 0.243 e. The summed E-state index contributed by atoms with van der Waals surface area (Å²) < 4.78 is 31.9. The van der Waals surface area contributed by atoms with E-state index in [9.17, 15) is 13.2 Å². The summed E-state index contributed by atoms with van der Waals surface area (Å²) in [5.74, 6) is 0.441. The largest absolute Gasteiger partial charge is 0.379 e. The number of rotatable bonds is 9. The van der Waals surface area contributed by atoms with Crippen LogP contribution in [0.4, 0.5) is 0 Å². The van der Waals surface area contributed by atoms with Gasteiger partial charge in [0.05, 0.1) is 18.1 Å². The third kappa shape index (κ3) is 7.33. The van der Waals surface area contributed by atoms with E-state index in [1.165, 1.54) is 4.31 Å². The molecular weight excluding hydrogens is 402 g/mol. The standard InChI is InChI=1S/C19H31N3O4S.ClH/c1-15(2)13-17(14-20)21-19(23)8-5-16-3-6-18(7-4-16)27(24,25)22-9-11-26-12-10-22;/h3-4,6-7,15,17H,5,8-14,20H2,1-2H3,(H,21,23);1H. The average Bonchev–Trinajstić information content (AvgIpc) is 2.66. The van der Waals surface area contributed by atoms with Crippen LogP contribution in [-0.4, -0.2) is 57.5 Å². The number of aryl methyl sites for hydroxylation is 1. The molecule has 1 heterocycles. The monoisotopic (exact) mass is 433 g/mol. The highest BCUT2D eigenvalue weighted by molar-refractivity contribution is 7.89. The number of nitrogens with two attached hydrogens (primary N) is 1. The zero-order valence-corrected chi connectivity index (χ0v) is 18.2. The molecule has 2 rings (SSSR count). The SMILES string of the molecule is CC(C)CC(CN)NC(=O)CCc1ccc(S(=O)(=O)N2CCOCC2)cc1.Cl. The van der Waals surface area contributed by atoms with Gasteiger partial charge in [-0.2, -0.15) is 4.31 Å². The van der Waals surface area contributed by atoms with Crippen LogP contribution in [0, 0.1) is 5.92 Å². The Bertz CT molecular complexity index is 704. The minimum atomic E-state index is -3.48. The molecule has 160 valence electrons. The van der Waals surface area contributed by atoms with Crippen LogP contribution in [-0.2, 0) is 26.0 Å². The van der Waals surface area contributed by atoms with Crippen LogP contribution in [0.2, 0.25) is 0 Å². The van der Waals surface area contributed by atoms with E-state index in [0.29, 0.717) is 51.6 Å². The van der Waals surface area contributed by atoms with Gasteiger partial charge in [-0.25, -0.2) is 8.42 Å². The van der Waals surface area contributed by atoms with Crippen molar-refractivity contribution in [1.82, 2.24) is 9.62 Å². The predicted molar refractivity (Wildman–Crippen MR) is 112 cm³/mol. The van der Waals surface area contributed by atoms with E-state index in [-0.39, 0.29) is 29.3 Å². The van der Waals surface area contributed by atoms with Crippen molar-refractivity contribution >= 4 is 28.3 Å². The molecule has 0 aromatic heterocycles. The number of amides is 1. The first-order chi connectivity index (χ1) is 12.8. The second kappa shape index (κ2) is 11.7. The molecule has 1 aliphatic heterocycles. The van der Waals surface area contributed by atoms with Crippen molar-refractivity contribution in [3.8, 4) is 0 Å². The number of carbonyl (C=O) groups is 1. The van der Waals surface area contributed by atoms with E-state index in [1.807, 2.05) is 0 Å². The molecule has 1 aromatic carbocycles. The topological polar surface area (TPSA) is 102 Å². The number of hydrogen-bond donors (Lipinski definition) is 2. The third-order valence-corrected chi connectivity index (χ3v) is 6.49. The molecule has 0 spiro atoms. The van der Waals surface area contributed by atoms with Gasteiger partial charge in [-0.1, -0.05) is 26.0 Å². The predicted octanol–water partition coefficient (Wildman–Crippen LogP) is 1.55. The maximum absolute atomic E-state index is 12.6. The van der Waals surface area contributed by atoms with Crippen molar-refractivity contribution in [3.63, 3.8) is 0 Å². The zero-order chi connectivity index (χ0) is 19.9. The Hall–Kier alpha value is -1.19. The fourth-order valence-corrected chi connectivity index (χ4v) is 4.51. The maximum Gasteiger partial charge on any atom is 0.243 e. The molecule has 0 saturated carbocycles. The molecule has 0 bridgehead atoms. The van der Waals surface area contributed by atoms with Crippen molar-refractivity contribution < 1.29 is 17.9 Å². The van der Waals surface area contributed by atoms with Gasteiger partial charge in [-0.15, -0.1) is 12.4 Å². The minimum absolute atomic E-state index is 0. The molecule has 1 fully saturated rings. The van der Waals surface area contributed by atoms with Crippen LogP contribution in [0.5, 0.6) is 0 Å². The summed E-state index contributed by atoms with van der Waals surface area (Å²) in [5, 5.41) is 2.97. The molecule has 28 heavy (non-hydrogen) atoms. The summed E-state index contributed by atoms with van der Waals surface area (Å²) in [6.45, 7) is 6.23. The van der Waals surface area contributed by atoms with Crippen molar-refractivity contribution in [3.05, 3.63) is 29.8 Å². The molecule has 0 aliphatic carbocycles. The van der Waals surface area contributed by atoms with E-state index >= 15 is 0 Å². The minimum Gasteiger partial charge on any atom is -0.379 e. The zero-order valence-electron chi connectivity index (χ0n) is 16.6. The maximum atomic E-state index is 12.6. The molecule has 3 N–H and O–H groups in total. The van der Waals surface area contributed by atoms with Crippen LogP contribution in [0.1, 0.15) is 32.3 Å². The number of ether oxygens (including phenoxy) is 1. The number of morpholine rings is 1. The van der Waals surface area contributed by atoms with Crippen LogP contribution in [0.3, 0.4) is 0 Å². The quantitative estimate of drug-likeness (QED) is 0.615. The lowest BCUT2D eigenvalue weighted by atomic mass is 10.0. The molecule has 1 atom stereocenters. The molecule has 1 amide bonds. The molecular formula is C19H32ClN3O4S. The van der Waals surface area contributed by atoms with Crippen molar-refractivity contribution in [2.24, 2.45) is 11.7 Å². The highest BCUT2D eigenvalue weighted by atomic mass is 35.5. The van der Waals surface area contributed by atoms with E-state index in [2.05, 4.69) is 19.2 Å². The van der Waals surface area contributed by atoms with E-state index in [0.717, 1.165) is 12.0 Å². The molecule has 0 radical (unpaired) electrons. The summed E-state index contributed by atoms with van der Waals surface area (Å²) in [4.78, 5) is 12.4. The van der Waals surface area contributed by atoms with Gasteiger partial charge in [-0.3, -0.25) is 4.79 Å². The summed E-state index contributed by atoms with van der Waals surface area (Å²) in [5.41, 5.74) is 6.64. The van der Waals surface area contributed by atoms with Crippen LogP contribution < -0.4 is 11.1 Å². The molecule has 1 saturated heterocycles. The fourth-order valence-electron chi connectivity index (χ4n) is 3.10. The van der Waals surface area contributed by atoms with E-state index < -0.39 is 10.0 Å². The Labute approximate surface area is 174 Å². The number of carbonyl (C=O) groups excluding carboxylic acids is 1. The van der Waals surface area contributed by atoms with Gasteiger partial charge >= 0.3 is 0 Å². The van der Waals surface area contributed by atoms with Gasteiger partial charge in [0.25, 0.3) is 0 Å². The van der Waals surface area contributed by atoms with Crippen LogP contribution in [0.25, 0.3) is 0 Å². The Morgan fingerprint density at radius 3 is 2.36 bits per heavy atom. The number of nitrogens with zero attached hydrogens (tertiary/aromatic N) is 1. The van der Waals surface area contributed by atoms with Gasteiger partial charge in [0.1, 0.15) is 0 Å². The van der Waals surface area contributed by atoms with Crippen molar-refractivity contribution in [2.75, 3.05) is 32.8 Å². The first kappa shape index (κ1) is 24.8. The normalized spacial score (nSPS) is 16.4. The average molecular weight is 434 g/mol. The third-order valence-electron chi connectivity index (χ3n) is 4.58. The lowest BCUT2D eigenvalue weighted by Crippen LogP contribution is -2.41. The molecule has 9 heteroatoms. The van der Waals surface area contributed by atoms with Gasteiger partial charge in [0.15, 0.2) is 0 Å². The highest BCUT2D eigenvalue weighted by Gasteiger charge is 2.26. The highest BCUT2D eigenvalue weighted by Crippen LogP contribution is 2.18. The number of halogens is 1. The van der Waals surface area contributed by atoms with E-state index in [4.69, 9.17) is 10.5 Å². The first-order valence-electron chi connectivity index (χ1n) is 9.49. The number of hydrogen-bond acceptors (Lipinski definition) is 5. The van der Waals surface area contributed by atoms with Gasteiger partial charge in [-0.05, 0) is 36.5 Å². The second-order valence-corrected chi connectivity index (χ2v) is 9.23. The second-order valence-electron chi connectivity index (χ2n) is 7.29. The number of benzene rings is 1. The summed E-state index contributed by atoms with van der Waals surface area (Å²) in [7, 11) is -3.48. The molecule has 1 unspecified atom stereocenters. The summed E-state index contributed by atoms with van der Waals surface area (Å²) >= 11 is 0. The number of nitrogens with one attached hydrogen (secondary N) is 1. The molecule has 1 aliphatic rings. The summed E-state index contributed by atoms with van der Waals surface area (Å²) in [6, 6.07) is 6.77. The van der Waals surface area contributed by atoms with E-state index in [1.54, 1.807) is 24.3 Å². The van der Waals surface area contributed by atoms with Gasteiger partial charge in [0, 0.05) is 32.1 Å². The Kier molecular flexibility index (Phi) is 10.4. The lowest BCUT2D eigenvalue weighted by Gasteiger charge is -2.26. The Balaban J connectivity index is 0.00000392. The summed E-state index contributed by atoms with van der Waals surface area (Å²) in [6.07, 6.45) is 1.77. The number of sulfonamides is 1. The molecule has 1 aromatic rings. The first-order valence-corrected chi connectivity index (χ1v) is 10.9. The van der Waals surface area contributed by atoms with Crippen LogP contribution in [0.15, 0.2) is 29.2 Å². The Morgan fingerprint density at radius 1 is 1.21 bits per heavy atom. The van der Waals surface area contributed by atoms with Crippen LogP contribution >= 0.6 is 12.4 Å². The fraction of sp³-hybridized carbons (Fsp3) is 0.632. The molecule has 7 nitrogen and oxygen atoms in total.